The zero-order chi connectivity index (χ0) is 22.6. The second-order valence-corrected chi connectivity index (χ2v) is 7.84. The van der Waals surface area contributed by atoms with Gasteiger partial charge in [-0.25, -0.2) is 14.3 Å². The fraction of sp³-hybridized carbons (Fsp3) is 0.167. The number of carbonyl (C=O) groups is 3. The van der Waals surface area contributed by atoms with Crippen LogP contribution in [0.5, 0.6) is 11.5 Å². The number of nitrogens with one attached hydrogen (secondary N) is 3. The molecule has 0 bridgehead atoms. The molecule has 1 fully saturated rings. The lowest BCUT2D eigenvalue weighted by atomic mass is 10.1. The highest BCUT2D eigenvalue weighted by Crippen LogP contribution is 2.27. The predicted octanol–water partition coefficient (Wildman–Crippen LogP) is 0.601. The van der Waals surface area contributed by atoms with Gasteiger partial charge in [-0.1, -0.05) is 30.3 Å². The summed E-state index contributed by atoms with van der Waals surface area (Å²) in [7, 11) is -4.44. The van der Waals surface area contributed by atoms with E-state index in [9.17, 15) is 33.0 Å². The maximum atomic E-state index is 12.1. The SMILES string of the molecule is O=C(N[C@H]1CN(C(=O)NS(=O)(=O)Nc2ccc(O)c(O)c2)C1=O)OCc1ccccc1. The van der Waals surface area contributed by atoms with Gasteiger partial charge in [-0.2, -0.15) is 8.42 Å². The van der Waals surface area contributed by atoms with Crippen LogP contribution in [0.2, 0.25) is 0 Å². The summed E-state index contributed by atoms with van der Waals surface area (Å²) in [6, 6.07) is 9.72. The Kier molecular flexibility index (Phi) is 6.15. The van der Waals surface area contributed by atoms with Crippen molar-refractivity contribution in [2.24, 2.45) is 0 Å². The van der Waals surface area contributed by atoms with Gasteiger partial charge in [0.15, 0.2) is 11.5 Å². The van der Waals surface area contributed by atoms with E-state index >= 15 is 0 Å². The number of ether oxygens (including phenoxy) is 1. The second-order valence-electron chi connectivity index (χ2n) is 6.42. The molecule has 1 saturated heterocycles. The summed E-state index contributed by atoms with van der Waals surface area (Å²) < 4.78 is 32.6. The number of anilines is 1. The molecule has 0 unspecified atom stereocenters. The van der Waals surface area contributed by atoms with Crippen molar-refractivity contribution in [3.8, 4) is 11.5 Å². The van der Waals surface area contributed by atoms with Crippen molar-refractivity contribution >= 4 is 33.9 Å². The molecule has 3 rings (SSSR count). The molecular weight excluding hydrogens is 432 g/mol. The third kappa shape index (κ3) is 5.54. The number of imide groups is 1. The largest absolute Gasteiger partial charge is 0.504 e. The molecule has 1 aliphatic heterocycles. The monoisotopic (exact) mass is 450 g/mol. The van der Waals surface area contributed by atoms with Gasteiger partial charge in [-0.15, -0.1) is 0 Å². The fourth-order valence-electron chi connectivity index (χ4n) is 2.56. The lowest BCUT2D eigenvalue weighted by molar-refractivity contribution is -0.139. The number of nitrogens with zero attached hydrogens (tertiary/aromatic N) is 1. The van der Waals surface area contributed by atoms with Crippen molar-refractivity contribution in [3.05, 3.63) is 54.1 Å². The number of hydrogen-bond acceptors (Lipinski definition) is 8. The lowest BCUT2D eigenvalue weighted by Crippen LogP contribution is -2.67. The van der Waals surface area contributed by atoms with Gasteiger partial charge in [0, 0.05) is 6.07 Å². The first kappa shape index (κ1) is 21.7. The molecule has 13 heteroatoms. The zero-order valence-electron chi connectivity index (χ0n) is 15.8. The van der Waals surface area contributed by atoms with Crippen LogP contribution in [0.1, 0.15) is 5.56 Å². The summed E-state index contributed by atoms with van der Waals surface area (Å²) in [6.07, 6.45) is -0.858. The molecule has 0 spiro atoms. The molecule has 0 radical (unpaired) electrons. The number of phenolic OH excluding ortho intramolecular Hbond substituents is 2. The number of amides is 4. The third-order valence-corrected chi connectivity index (χ3v) is 5.08. The summed E-state index contributed by atoms with van der Waals surface area (Å²) in [6.45, 7) is -0.255. The van der Waals surface area contributed by atoms with Gasteiger partial charge in [0.1, 0.15) is 12.6 Å². The molecule has 0 saturated carbocycles. The molecule has 4 amide bonds. The molecule has 0 aromatic heterocycles. The van der Waals surface area contributed by atoms with Crippen molar-refractivity contribution in [3.63, 3.8) is 0 Å². The van der Waals surface area contributed by atoms with Crippen LogP contribution in [0.4, 0.5) is 15.3 Å². The minimum atomic E-state index is -4.44. The number of likely N-dealkylation sites (tertiary alicyclic amines) is 1. The van der Waals surface area contributed by atoms with Crippen LogP contribution in [0, 0.1) is 0 Å². The highest BCUT2D eigenvalue weighted by Gasteiger charge is 2.43. The van der Waals surface area contributed by atoms with Gasteiger partial charge in [-0.3, -0.25) is 14.4 Å². The zero-order valence-corrected chi connectivity index (χ0v) is 16.6. The summed E-state index contributed by atoms with van der Waals surface area (Å²) in [5, 5.41) is 20.9. The Balaban J connectivity index is 1.47. The highest BCUT2D eigenvalue weighted by atomic mass is 32.2. The number of phenols is 2. The van der Waals surface area contributed by atoms with Gasteiger partial charge in [0.05, 0.1) is 12.2 Å². The van der Waals surface area contributed by atoms with Crippen molar-refractivity contribution in [2.45, 2.75) is 12.6 Å². The Hall–Kier alpha value is -4.00. The van der Waals surface area contributed by atoms with Crippen molar-refractivity contribution in [1.82, 2.24) is 14.9 Å². The van der Waals surface area contributed by atoms with E-state index in [1.54, 1.807) is 35.1 Å². The minimum absolute atomic E-state index is 0.00544. The molecule has 0 aliphatic carbocycles. The quantitative estimate of drug-likeness (QED) is 0.242. The van der Waals surface area contributed by atoms with E-state index < -0.39 is 45.8 Å². The van der Waals surface area contributed by atoms with E-state index in [1.165, 1.54) is 0 Å². The first-order chi connectivity index (χ1) is 14.6. The number of carbonyl (C=O) groups excluding carboxylic acids is 3. The Labute approximate surface area is 176 Å². The number of alkyl carbamates (subject to hydrolysis) is 1. The fourth-order valence-corrected chi connectivity index (χ4v) is 3.39. The van der Waals surface area contributed by atoms with Gasteiger partial charge in [0.25, 0.3) is 5.91 Å². The minimum Gasteiger partial charge on any atom is -0.504 e. The molecule has 164 valence electrons. The van der Waals surface area contributed by atoms with E-state index in [4.69, 9.17) is 4.74 Å². The number of hydrogen-bond donors (Lipinski definition) is 5. The van der Waals surface area contributed by atoms with Crippen LogP contribution < -0.4 is 14.8 Å². The standard InChI is InChI=1S/C18H18N4O8S/c23-14-7-6-12(8-15(14)24)20-31(28,29)21-17(26)22-9-13(16(22)25)19-18(27)30-10-11-4-2-1-3-5-11/h1-8,13,20,23-24H,9-10H2,(H,19,27)(H,21,26)/t13-/m0/s1. The van der Waals surface area contributed by atoms with Crippen molar-refractivity contribution in [1.29, 1.82) is 0 Å². The first-order valence-corrected chi connectivity index (χ1v) is 10.3. The molecule has 31 heavy (non-hydrogen) atoms. The van der Waals surface area contributed by atoms with E-state index in [-0.39, 0.29) is 18.8 Å². The normalized spacial score (nSPS) is 15.5. The van der Waals surface area contributed by atoms with Crippen LogP contribution in [-0.2, 0) is 26.3 Å². The molecule has 5 N–H and O–H groups in total. The highest BCUT2D eigenvalue weighted by molar-refractivity contribution is 7.91. The molecule has 2 aromatic rings. The first-order valence-electron chi connectivity index (χ1n) is 8.80. The Morgan fingerprint density at radius 1 is 1.10 bits per heavy atom. The number of β-lactam (4-membered cyclic amide) rings is 1. The molecule has 2 aromatic carbocycles. The lowest BCUT2D eigenvalue weighted by Gasteiger charge is -2.36. The average Bonchev–Trinajstić information content (AvgIpc) is 2.71. The van der Waals surface area contributed by atoms with Gasteiger partial charge in [0.2, 0.25) is 0 Å². The maximum absolute atomic E-state index is 12.1. The summed E-state index contributed by atoms with van der Waals surface area (Å²) >= 11 is 0. The van der Waals surface area contributed by atoms with E-state index in [1.807, 2.05) is 4.72 Å². The van der Waals surface area contributed by atoms with Crippen LogP contribution in [-0.4, -0.2) is 54.1 Å². The van der Waals surface area contributed by atoms with E-state index in [0.717, 1.165) is 23.8 Å². The topological polar surface area (TPSA) is 174 Å². The van der Waals surface area contributed by atoms with Crippen LogP contribution >= 0.6 is 0 Å². The van der Waals surface area contributed by atoms with Crippen LogP contribution in [0.3, 0.4) is 0 Å². The molecule has 1 atom stereocenters. The van der Waals surface area contributed by atoms with Gasteiger partial charge >= 0.3 is 22.3 Å². The molecule has 1 heterocycles. The summed E-state index contributed by atoms with van der Waals surface area (Å²) in [5.41, 5.74) is 0.615. The number of rotatable bonds is 6. The Bertz CT molecular complexity index is 1110. The van der Waals surface area contributed by atoms with Gasteiger partial charge in [-0.05, 0) is 17.7 Å². The van der Waals surface area contributed by atoms with E-state index in [0.29, 0.717) is 4.90 Å². The van der Waals surface area contributed by atoms with Crippen LogP contribution in [0.25, 0.3) is 0 Å². The average molecular weight is 450 g/mol. The smallest absolute Gasteiger partial charge is 0.408 e. The molecular formula is C18H18N4O8S. The van der Waals surface area contributed by atoms with E-state index in [2.05, 4.69) is 5.32 Å². The van der Waals surface area contributed by atoms with Gasteiger partial charge < -0.3 is 20.3 Å². The maximum Gasteiger partial charge on any atom is 0.408 e. The third-order valence-electron chi connectivity index (χ3n) is 4.13. The second kappa shape index (κ2) is 8.79. The molecule has 1 aliphatic rings. The number of benzene rings is 2. The summed E-state index contributed by atoms with van der Waals surface area (Å²) in [4.78, 5) is 36.5. The number of urea groups is 1. The van der Waals surface area contributed by atoms with Crippen molar-refractivity contribution in [2.75, 3.05) is 11.3 Å². The Morgan fingerprint density at radius 2 is 1.81 bits per heavy atom. The number of aromatic hydroxyl groups is 2. The predicted molar refractivity (Wildman–Crippen MR) is 106 cm³/mol. The van der Waals surface area contributed by atoms with Crippen molar-refractivity contribution < 1.29 is 37.8 Å². The van der Waals surface area contributed by atoms with Crippen LogP contribution in [0.15, 0.2) is 48.5 Å². The Morgan fingerprint density at radius 3 is 2.45 bits per heavy atom. The summed E-state index contributed by atoms with van der Waals surface area (Å²) in [5.74, 6) is -1.84. The molecule has 12 nitrogen and oxygen atoms in total.